The van der Waals surface area contributed by atoms with Crippen LogP contribution in [0.15, 0.2) is 60.7 Å². The molecular weight excluding hydrogens is 494 g/mol. The lowest BCUT2D eigenvalue weighted by Crippen LogP contribution is -2.45. The quantitative estimate of drug-likeness (QED) is 0.403. The summed E-state index contributed by atoms with van der Waals surface area (Å²) in [6.45, 7) is 7.61. The van der Waals surface area contributed by atoms with E-state index >= 15 is 0 Å². The van der Waals surface area contributed by atoms with E-state index < -0.39 is 0 Å². The number of hydrogen-bond donors (Lipinski definition) is 2. The average molecular weight is 532 g/mol. The normalized spacial score (nSPS) is 16.2. The molecule has 2 saturated heterocycles. The van der Waals surface area contributed by atoms with E-state index in [4.69, 9.17) is 6.42 Å². The van der Waals surface area contributed by atoms with Crippen molar-refractivity contribution in [1.82, 2.24) is 5.32 Å². The molecule has 2 fully saturated rings. The number of carbonyl (C=O) groups is 1. The molecule has 0 aromatic heterocycles. The maximum Gasteiger partial charge on any atom is 0.251 e. The number of hydrogen-bond acceptors (Lipinski definition) is 5. The van der Waals surface area contributed by atoms with Gasteiger partial charge in [0.25, 0.3) is 5.91 Å². The van der Waals surface area contributed by atoms with E-state index in [1.807, 2.05) is 55.5 Å². The molecule has 0 bridgehead atoms. The van der Waals surface area contributed by atoms with Crippen LogP contribution in [-0.2, 0) is 0 Å². The van der Waals surface area contributed by atoms with E-state index in [0.29, 0.717) is 6.04 Å². The first kappa shape index (κ1) is 27.2. The molecule has 0 saturated carbocycles. The van der Waals surface area contributed by atoms with Gasteiger partial charge in [0, 0.05) is 55.1 Å². The first-order chi connectivity index (χ1) is 19.5. The topological polar surface area (TPSA) is 71.4 Å². The lowest BCUT2D eigenvalue weighted by Gasteiger charge is -2.35. The van der Waals surface area contributed by atoms with Crippen LogP contribution in [0.1, 0.15) is 58.3 Å². The summed E-state index contributed by atoms with van der Waals surface area (Å²) < 4.78 is 0. The van der Waals surface area contributed by atoms with Crippen LogP contribution in [0, 0.1) is 37.5 Å². The second kappa shape index (κ2) is 12.2. The van der Waals surface area contributed by atoms with E-state index in [2.05, 4.69) is 51.5 Å². The predicted octanol–water partition coefficient (Wildman–Crippen LogP) is 5.64. The lowest BCUT2D eigenvalue weighted by molar-refractivity contribution is 0.0930. The van der Waals surface area contributed by atoms with Crippen LogP contribution in [0.5, 0.6) is 0 Å². The Kier molecular flexibility index (Phi) is 8.27. The highest BCUT2D eigenvalue weighted by molar-refractivity contribution is 5.97. The Morgan fingerprint density at radius 3 is 1.98 bits per heavy atom. The Labute approximate surface area is 238 Å². The molecule has 40 heavy (non-hydrogen) atoms. The summed E-state index contributed by atoms with van der Waals surface area (Å²) in [5.41, 5.74) is 7.64. The van der Waals surface area contributed by atoms with Crippen LogP contribution in [0.2, 0.25) is 0 Å². The molecule has 3 aromatic rings. The van der Waals surface area contributed by atoms with Crippen molar-refractivity contribution in [3.05, 3.63) is 88.5 Å². The Morgan fingerprint density at radius 1 is 0.825 bits per heavy atom. The van der Waals surface area contributed by atoms with Crippen molar-refractivity contribution in [2.75, 3.05) is 41.3 Å². The fraction of sp³-hybridized carbons (Fsp3) is 0.353. The van der Waals surface area contributed by atoms with E-state index in [9.17, 15) is 10.1 Å². The van der Waals surface area contributed by atoms with Gasteiger partial charge in [-0.1, -0.05) is 36.3 Å². The molecule has 0 unspecified atom stereocenters. The average Bonchev–Trinajstić information content (AvgIpc) is 2.99. The number of carbonyl (C=O) groups excluding carboxylic acids is 1. The Balaban J connectivity index is 1.19. The van der Waals surface area contributed by atoms with E-state index in [1.165, 1.54) is 0 Å². The van der Waals surface area contributed by atoms with E-state index in [1.54, 1.807) is 0 Å². The van der Waals surface area contributed by atoms with Gasteiger partial charge in [-0.15, -0.1) is 6.42 Å². The fourth-order valence-corrected chi connectivity index (χ4v) is 5.98. The highest BCUT2D eigenvalue weighted by atomic mass is 16.1. The van der Waals surface area contributed by atoms with Crippen LogP contribution >= 0.6 is 0 Å². The molecule has 5 rings (SSSR count). The van der Waals surface area contributed by atoms with Gasteiger partial charge in [0.15, 0.2) is 0 Å². The monoisotopic (exact) mass is 531 g/mol. The van der Waals surface area contributed by atoms with Gasteiger partial charge in [0.05, 0.1) is 16.9 Å². The van der Waals surface area contributed by atoms with Crippen LogP contribution in [0.25, 0.3) is 0 Å². The van der Waals surface area contributed by atoms with Crippen molar-refractivity contribution in [1.29, 1.82) is 5.26 Å². The number of nitriles is 1. The summed E-state index contributed by atoms with van der Waals surface area (Å²) in [6.07, 6.45) is 9.40. The summed E-state index contributed by atoms with van der Waals surface area (Å²) in [6, 6.07) is 22.8. The molecule has 0 aliphatic carbocycles. The third kappa shape index (κ3) is 5.92. The molecule has 2 aliphatic rings. The van der Waals surface area contributed by atoms with Gasteiger partial charge in [-0.3, -0.25) is 4.79 Å². The zero-order chi connectivity index (χ0) is 28.1. The highest BCUT2D eigenvalue weighted by Crippen LogP contribution is 2.28. The van der Waals surface area contributed by atoms with Crippen LogP contribution in [0.4, 0.5) is 17.1 Å². The molecule has 6 heteroatoms. The van der Waals surface area contributed by atoms with Gasteiger partial charge in [0.1, 0.15) is 6.07 Å². The van der Waals surface area contributed by atoms with Crippen LogP contribution in [-0.4, -0.2) is 44.2 Å². The number of piperidine rings is 2. The second-order valence-corrected chi connectivity index (χ2v) is 10.9. The molecule has 0 spiro atoms. The smallest absolute Gasteiger partial charge is 0.251 e. The summed E-state index contributed by atoms with van der Waals surface area (Å²) >= 11 is 0. The number of nitrogens with zero attached hydrogens (tertiary/aromatic N) is 3. The van der Waals surface area contributed by atoms with Crippen molar-refractivity contribution in [2.24, 2.45) is 0 Å². The SMILES string of the molecule is C#Cc1ccccc1N1CCC(NC(=O)c2cc(NC3CCN(c4ccccc4C#N)CC3)c(C)cc2C)CC1. The maximum absolute atomic E-state index is 13.4. The molecule has 0 atom stereocenters. The summed E-state index contributed by atoms with van der Waals surface area (Å²) in [7, 11) is 0. The van der Waals surface area contributed by atoms with Crippen molar-refractivity contribution < 1.29 is 4.79 Å². The highest BCUT2D eigenvalue weighted by Gasteiger charge is 2.25. The molecule has 2 N–H and O–H groups in total. The maximum atomic E-state index is 13.4. The standard InChI is InChI=1S/C34H37N5O/c1-4-26-9-5-7-11-32(26)38-19-15-29(16-20-38)37-34(40)30-22-31(25(3)21-24(30)2)36-28-13-17-39(18-14-28)33-12-8-6-10-27(33)23-35/h1,5-12,21-22,28-29,36H,13-20H2,2-3H3,(H,37,40). The fourth-order valence-electron chi connectivity index (χ4n) is 5.98. The number of rotatable bonds is 6. The number of terminal acetylenes is 1. The van der Waals surface area contributed by atoms with Gasteiger partial charge in [0.2, 0.25) is 0 Å². The molecule has 2 aliphatic heterocycles. The Hall–Kier alpha value is -4.42. The first-order valence-corrected chi connectivity index (χ1v) is 14.2. The number of amides is 1. The first-order valence-electron chi connectivity index (χ1n) is 14.2. The van der Waals surface area contributed by atoms with Crippen molar-refractivity contribution in [3.8, 4) is 18.4 Å². The van der Waals surface area contributed by atoms with Crippen molar-refractivity contribution in [3.63, 3.8) is 0 Å². The Morgan fingerprint density at radius 2 is 1.38 bits per heavy atom. The minimum absolute atomic E-state index is 0.00838. The second-order valence-electron chi connectivity index (χ2n) is 10.9. The van der Waals surface area contributed by atoms with Crippen molar-refractivity contribution in [2.45, 2.75) is 51.6 Å². The minimum atomic E-state index is -0.00838. The van der Waals surface area contributed by atoms with Crippen LogP contribution < -0.4 is 20.4 Å². The van der Waals surface area contributed by atoms with Gasteiger partial charge in [-0.2, -0.15) is 5.26 Å². The lowest BCUT2D eigenvalue weighted by atomic mass is 9.98. The molecular formula is C34H37N5O. The zero-order valence-corrected chi connectivity index (χ0v) is 23.4. The number of benzene rings is 3. The molecule has 204 valence electrons. The third-order valence-electron chi connectivity index (χ3n) is 8.27. The van der Waals surface area contributed by atoms with E-state index in [-0.39, 0.29) is 11.9 Å². The molecule has 3 aromatic carbocycles. The largest absolute Gasteiger partial charge is 0.382 e. The predicted molar refractivity (Wildman–Crippen MR) is 163 cm³/mol. The third-order valence-corrected chi connectivity index (χ3v) is 8.27. The van der Waals surface area contributed by atoms with Crippen LogP contribution in [0.3, 0.4) is 0 Å². The van der Waals surface area contributed by atoms with Gasteiger partial charge in [-0.25, -0.2) is 0 Å². The van der Waals surface area contributed by atoms with Gasteiger partial charge >= 0.3 is 0 Å². The minimum Gasteiger partial charge on any atom is -0.382 e. The van der Waals surface area contributed by atoms with E-state index in [0.717, 1.165) is 96.7 Å². The number of anilines is 3. The summed E-state index contributed by atoms with van der Waals surface area (Å²) in [5.74, 6) is 2.78. The molecule has 1 amide bonds. The number of aryl methyl sites for hydroxylation is 2. The van der Waals surface area contributed by atoms with Gasteiger partial charge in [-0.05, 0) is 81.0 Å². The molecule has 0 radical (unpaired) electrons. The van der Waals surface area contributed by atoms with Gasteiger partial charge < -0.3 is 20.4 Å². The summed E-state index contributed by atoms with van der Waals surface area (Å²) in [4.78, 5) is 18.0. The summed E-state index contributed by atoms with van der Waals surface area (Å²) in [5, 5.41) is 16.5. The molecule has 6 nitrogen and oxygen atoms in total. The number of nitrogens with one attached hydrogen (secondary N) is 2. The Bertz CT molecular complexity index is 1450. The van der Waals surface area contributed by atoms with Crippen molar-refractivity contribution >= 4 is 23.0 Å². The number of para-hydroxylation sites is 2. The molecule has 2 heterocycles. The zero-order valence-electron chi connectivity index (χ0n) is 23.4.